The summed E-state index contributed by atoms with van der Waals surface area (Å²) < 4.78 is 0. The van der Waals surface area contributed by atoms with Crippen molar-refractivity contribution in [2.24, 2.45) is 0 Å². The lowest BCUT2D eigenvalue weighted by Gasteiger charge is -2.07. The van der Waals surface area contributed by atoms with E-state index in [9.17, 15) is 9.90 Å². The monoisotopic (exact) mass is 228 g/mol. The van der Waals surface area contributed by atoms with E-state index in [1.165, 1.54) is 6.07 Å². The zero-order chi connectivity index (χ0) is 12.3. The van der Waals surface area contributed by atoms with Gasteiger partial charge in [0.15, 0.2) is 6.29 Å². The van der Waals surface area contributed by atoms with Gasteiger partial charge in [-0.25, -0.2) is 0 Å². The maximum absolute atomic E-state index is 11.0. The molecule has 2 aromatic carbocycles. The number of hydrogen-bond donors (Lipinski definition) is 2. The van der Waals surface area contributed by atoms with Crippen molar-refractivity contribution in [1.29, 1.82) is 0 Å². The van der Waals surface area contributed by atoms with Crippen LogP contribution in [0.3, 0.4) is 0 Å². The van der Waals surface area contributed by atoms with Gasteiger partial charge in [0.2, 0.25) is 0 Å². The summed E-state index contributed by atoms with van der Waals surface area (Å²) in [5, 5.41) is 18.7. The zero-order valence-electron chi connectivity index (χ0n) is 9.13. The lowest BCUT2D eigenvalue weighted by Crippen LogP contribution is -1.90. The number of aliphatic hydroxyl groups is 1. The fourth-order valence-electron chi connectivity index (χ4n) is 1.77. The molecule has 0 aliphatic heterocycles. The van der Waals surface area contributed by atoms with Crippen LogP contribution in [-0.4, -0.2) is 16.5 Å². The highest BCUT2D eigenvalue weighted by Gasteiger charge is 2.08. The molecule has 2 aromatic rings. The molecule has 0 unspecified atom stereocenters. The molecule has 0 radical (unpaired) electrons. The predicted molar refractivity (Wildman–Crippen MR) is 64.9 cm³/mol. The molecule has 86 valence electrons. The Balaban J connectivity index is 2.59. The Morgan fingerprint density at radius 1 is 1.12 bits per heavy atom. The van der Waals surface area contributed by atoms with Gasteiger partial charge >= 0.3 is 0 Å². The molecule has 0 saturated heterocycles. The van der Waals surface area contributed by atoms with Crippen molar-refractivity contribution < 1.29 is 15.0 Å². The van der Waals surface area contributed by atoms with Crippen molar-refractivity contribution in [3.05, 3.63) is 53.6 Å². The first-order chi connectivity index (χ1) is 8.26. The van der Waals surface area contributed by atoms with Gasteiger partial charge in [0.05, 0.1) is 12.2 Å². The van der Waals surface area contributed by atoms with Gasteiger partial charge in [-0.1, -0.05) is 30.3 Å². The number of aldehydes is 1. The molecule has 2 rings (SSSR count). The number of hydrogen-bond acceptors (Lipinski definition) is 3. The Morgan fingerprint density at radius 2 is 1.88 bits per heavy atom. The minimum absolute atomic E-state index is 0.0353. The number of rotatable bonds is 3. The van der Waals surface area contributed by atoms with Crippen LogP contribution in [0.2, 0.25) is 0 Å². The third-order valence-electron chi connectivity index (χ3n) is 2.62. The molecular formula is C14H12O3. The average Bonchev–Trinajstić information content (AvgIpc) is 2.38. The topological polar surface area (TPSA) is 57.5 Å². The summed E-state index contributed by atoms with van der Waals surface area (Å²) >= 11 is 0. The molecule has 0 aliphatic rings. The van der Waals surface area contributed by atoms with Crippen LogP contribution in [0.1, 0.15) is 15.9 Å². The summed E-state index contributed by atoms with van der Waals surface area (Å²) in [4.78, 5) is 11.0. The van der Waals surface area contributed by atoms with Gasteiger partial charge < -0.3 is 10.2 Å². The standard InChI is InChI=1S/C14H12O3/c15-8-10-3-1-4-11(7-10)12-5-2-6-14(17)13(12)9-16/h1-7,9,15,17H,8H2. The Hall–Kier alpha value is -2.13. The minimum Gasteiger partial charge on any atom is -0.507 e. The zero-order valence-corrected chi connectivity index (χ0v) is 9.13. The van der Waals surface area contributed by atoms with Crippen LogP contribution < -0.4 is 0 Å². The van der Waals surface area contributed by atoms with Crippen molar-refractivity contribution >= 4 is 6.29 Å². The van der Waals surface area contributed by atoms with Crippen molar-refractivity contribution in [2.45, 2.75) is 6.61 Å². The number of aliphatic hydroxyl groups excluding tert-OH is 1. The number of phenolic OH excluding ortho intramolecular Hbond substituents is 1. The Morgan fingerprint density at radius 3 is 2.59 bits per heavy atom. The second kappa shape index (κ2) is 4.80. The van der Waals surface area contributed by atoms with Gasteiger partial charge in [0.25, 0.3) is 0 Å². The van der Waals surface area contributed by atoms with E-state index in [0.717, 1.165) is 11.1 Å². The van der Waals surface area contributed by atoms with Gasteiger partial charge in [-0.3, -0.25) is 4.79 Å². The van der Waals surface area contributed by atoms with Crippen molar-refractivity contribution in [2.75, 3.05) is 0 Å². The van der Waals surface area contributed by atoms with Crippen LogP contribution in [0.15, 0.2) is 42.5 Å². The summed E-state index contributed by atoms with van der Waals surface area (Å²) in [7, 11) is 0. The molecule has 0 saturated carbocycles. The molecule has 0 aromatic heterocycles. The van der Waals surface area contributed by atoms with Crippen LogP contribution in [0.5, 0.6) is 5.75 Å². The third-order valence-corrected chi connectivity index (χ3v) is 2.62. The van der Waals surface area contributed by atoms with Crippen LogP contribution in [0.4, 0.5) is 0 Å². The highest BCUT2D eigenvalue weighted by Crippen LogP contribution is 2.29. The predicted octanol–water partition coefficient (Wildman–Crippen LogP) is 2.36. The SMILES string of the molecule is O=Cc1c(O)cccc1-c1cccc(CO)c1. The van der Waals surface area contributed by atoms with Gasteiger partial charge in [0.1, 0.15) is 5.75 Å². The van der Waals surface area contributed by atoms with Crippen LogP contribution in [0.25, 0.3) is 11.1 Å². The molecule has 3 heteroatoms. The molecule has 2 N–H and O–H groups in total. The second-order valence-electron chi connectivity index (χ2n) is 3.71. The maximum atomic E-state index is 11.0. The smallest absolute Gasteiger partial charge is 0.154 e. The van der Waals surface area contributed by atoms with E-state index in [1.807, 2.05) is 6.07 Å². The maximum Gasteiger partial charge on any atom is 0.154 e. The molecule has 0 atom stereocenters. The highest BCUT2D eigenvalue weighted by molar-refractivity contribution is 5.90. The molecule has 3 nitrogen and oxygen atoms in total. The number of carbonyl (C=O) groups excluding carboxylic acids is 1. The van der Waals surface area contributed by atoms with Crippen molar-refractivity contribution in [3.63, 3.8) is 0 Å². The van der Waals surface area contributed by atoms with Crippen LogP contribution >= 0.6 is 0 Å². The first kappa shape index (κ1) is 11.4. The molecule has 0 spiro atoms. The number of phenols is 1. The normalized spacial score (nSPS) is 10.2. The van der Waals surface area contributed by atoms with Gasteiger partial charge in [-0.05, 0) is 28.8 Å². The lowest BCUT2D eigenvalue weighted by atomic mass is 9.98. The fraction of sp³-hybridized carbons (Fsp3) is 0.0714. The van der Waals surface area contributed by atoms with E-state index < -0.39 is 0 Å². The van der Waals surface area contributed by atoms with E-state index in [4.69, 9.17) is 5.11 Å². The number of carbonyl (C=O) groups is 1. The van der Waals surface area contributed by atoms with E-state index in [-0.39, 0.29) is 17.9 Å². The van der Waals surface area contributed by atoms with E-state index in [1.54, 1.807) is 30.3 Å². The van der Waals surface area contributed by atoms with E-state index in [0.29, 0.717) is 11.8 Å². The molecular weight excluding hydrogens is 216 g/mol. The Bertz CT molecular complexity index is 547. The van der Waals surface area contributed by atoms with Crippen LogP contribution in [-0.2, 0) is 6.61 Å². The van der Waals surface area contributed by atoms with Crippen LogP contribution in [0, 0.1) is 0 Å². The summed E-state index contributed by atoms with van der Waals surface area (Å²) in [5.41, 5.74) is 2.50. The average molecular weight is 228 g/mol. The molecule has 0 heterocycles. The highest BCUT2D eigenvalue weighted by atomic mass is 16.3. The van der Waals surface area contributed by atoms with Gasteiger partial charge in [-0.2, -0.15) is 0 Å². The van der Waals surface area contributed by atoms with Gasteiger partial charge in [0, 0.05) is 0 Å². The first-order valence-corrected chi connectivity index (χ1v) is 5.23. The minimum atomic E-state index is -0.0525. The van der Waals surface area contributed by atoms with Crippen molar-refractivity contribution in [3.8, 4) is 16.9 Å². The van der Waals surface area contributed by atoms with E-state index >= 15 is 0 Å². The Labute approximate surface area is 99.0 Å². The molecule has 0 bridgehead atoms. The summed E-state index contributed by atoms with van der Waals surface area (Å²) in [6.45, 7) is -0.0525. The van der Waals surface area contributed by atoms with E-state index in [2.05, 4.69) is 0 Å². The summed E-state index contributed by atoms with van der Waals surface area (Å²) in [6.07, 6.45) is 0.635. The largest absolute Gasteiger partial charge is 0.507 e. The van der Waals surface area contributed by atoms with Crippen molar-refractivity contribution in [1.82, 2.24) is 0 Å². The molecule has 0 aliphatic carbocycles. The summed E-state index contributed by atoms with van der Waals surface area (Å²) in [6, 6.07) is 12.2. The summed E-state index contributed by atoms with van der Waals surface area (Å²) in [5.74, 6) is -0.0353. The molecule has 0 fully saturated rings. The second-order valence-corrected chi connectivity index (χ2v) is 3.71. The quantitative estimate of drug-likeness (QED) is 0.793. The lowest BCUT2D eigenvalue weighted by molar-refractivity contribution is 0.112. The molecule has 17 heavy (non-hydrogen) atoms. The third kappa shape index (κ3) is 2.19. The molecule has 0 amide bonds. The fourth-order valence-corrected chi connectivity index (χ4v) is 1.77. The van der Waals surface area contributed by atoms with Gasteiger partial charge in [-0.15, -0.1) is 0 Å². The Kier molecular flexibility index (Phi) is 3.21. The first-order valence-electron chi connectivity index (χ1n) is 5.23. The number of benzene rings is 2. The number of aromatic hydroxyl groups is 1.